The Bertz CT molecular complexity index is 108. The molecule has 0 atom stereocenters. The average Bonchev–Trinajstić information content (AvgIpc) is 2.37. The number of amidine groups is 1. The molecule has 0 amide bonds. The van der Waals surface area contributed by atoms with Crippen molar-refractivity contribution in [2.75, 3.05) is 19.0 Å². The fourth-order valence-corrected chi connectivity index (χ4v) is 1.24. The van der Waals surface area contributed by atoms with Crippen molar-refractivity contribution in [3.63, 3.8) is 0 Å². The van der Waals surface area contributed by atoms with Crippen molar-refractivity contribution >= 4 is 17.4 Å². The van der Waals surface area contributed by atoms with E-state index in [4.69, 9.17) is 17.0 Å². The largest absolute Gasteiger partial charge is 0.360 e. The summed E-state index contributed by atoms with van der Waals surface area (Å²) in [6.07, 6.45) is 2.44. The first kappa shape index (κ1) is 6.87. The van der Waals surface area contributed by atoms with Gasteiger partial charge in [-0.25, -0.2) is 0 Å². The van der Waals surface area contributed by atoms with E-state index in [0.717, 1.165) is 13.1 Å². The molecule has 2 nitrogen and oxygen atoms in total. The highest BCUT2D eigenvalue weighted by Gasteiger charge is 2.12. The molecule has 9 heavy (non-hydrogen) atoms. The van der Waals surface area contributed by atoms with Crippen LogP contribution in [0.25, 0.3) is 0 Å². The topological polar surface area (TPSA) is 27.1 Å². The molecule has 52 valence electrons. The Labute approximate surface area is 60.3 Å². The summed E-state index contributed by atoms with van der Waals surface area (Å²) in [7, 11) is 0. The first-order chi connectivity index (χ1) is 4.34. The number of hydrogen-bond donors (Lipinski definition) is 1. The molecule has 1 N–H and O–H groups in total. The molecule has 1 heterocycles. The Hall–Kier alpha value is -0.240. The van der Waals surface area contributed by atoms with Gasteiger partial charge in [0.2, 0.25) is 0 Å². The van der Waals surface area contributed by atoms with E-state index in [-0.39, 0.29) is 0 Å². The lowest BCUT2D eigenvalue weighted by Crippen LogP contribution is -2.27. The van der Waals surface area contributed by atoms with Gasteiger partial charge in [-0.15, -0.1) is 11.6 Å². The number of likely N-dealkylation sites (tertiary alicyclic amines) is 1. The molecule has 3 heteroatoms. The van der Waals surface area contributed by atoms with Gasteiger partial charge < -0.3 is 4.90 Å². The van der Waals surface area contributed by atoms with Gasteiger partial charge in [0.15, 0.2) is 0 Å². The number of nitrogens with one attached hydrogen (secondary N) is 1. The second-order valence-electron chi connectivity index (χ2n) is 2.27. The Morgan fingerprint density at radius 3 is 2.44 bits per heavy atom. The minimum absolute atomic E-state index is 0.361. The molecule has 0 radical (unpaired) electrons. The number of hydrogen-bond acceptors (Lipinski definition) is 1. The smallest absolute Gasteiger partial charge is 0.111 e. The second kappa shape index (κ2) is 3.06. The van der Waals surface area contributed by atoms with Crippen molar-refractivity contribution < 1.29 is 0 Å². The third-order valence-electron chi connectivity index (χ3n) is 1.61. The molecule has 1 aliphatic rings. The normalized spacial score (nSPS) is 18.6. The summed E-state index contributed by atoms with van der Waals surface area (Å²) in [4.78, 5) is 2.03. The lowest BCUT2D eigenvalue weighted by Gasteiger charge is -2.15. The van der Waals surface area contributed by atoms with Gasteiger partial charge in [-0.05, 0) is 12.8 Å². The number of nitrogens with zero attached hydrogens (tertiary/aromatic N) is 1. The summed E-state index contributed by atoms with van der Waals surface area (Å²) in [5.41, 5.74) is 0. The first-order valence-corrected chi connectivity index (χ1v) is 3.76. The highest BCUT2D eigenvalue weighted by Crippen LogP contribution is 2.07. The van der Waals surface area contributed by atoms with E-state index in [1.54, 1.807) is 0 Å². The predicted molar refractivity (Wildman–Crippen MR) is 39.3 cm³/mol. The molecule has 0 aliphatic carbocycles. The fourth-order valence-electron chi connectivity index (χ4n) is 1.07. The van der Waals surface area contributed by atoms with E-state index in [9.17, 15) is 0 Å². The van der Waals surface area contributed by atoms with Gasteiger partial charge in [-0.2, -0.15) is 0 Å². The lowest BCUT2D eigenvalue weighted by molar-refractivity contribution is 0.513. The van der Waals surface area contributed by atoms with Crippen LogP contribution < -0.4 is 0 Å². The summed E-state index contributed by atoms with van der Waals surface area (Å²) in [6.45, 7) is 2.07. The maximum Gasteiger partial charge on any atom is 0.111 e. The van der Waals surface area contributed by atoms with Crippen molar-refractivity contribution in [1.82, 2.24) is 4.90 Å². The van der Waals surface area contributed by atoms with Crippen LogP contribution in [0.1, 0.15) is 12.8 Å². The molecular formula is C6H11ClN2. The van der Waals surface area contributed by atoms with E-state index >= 15 is 0 Å². The van der Waals surface area contributed by atoms with Gasteiger partial charge in [0, 0.05) is 13.1 Å². The zero-order valence-electron chi connectivity index (χ0n) is 5.36. The van der Waals surface area contributed by atoms with E-state index in [0.29, 0.717) is 11.7 Å². The van der Waals surface area contributed by atoms with Gasteiger partial charge in [0.1, 0.15) is 5.84 Å². The fraction of sp³-hybridized carbons (Fsp3) is 0.833. The quantitative estimate of drug-likeness (QED) is 0.337. The van der Waals surface area contributed by atoms with Crippen LogP contribution in [-0.2, 0) is 0 Å². The Kier molecular flexibility index (Phi) is 2.34. The van der Waals surface area contributed by atoms with E-state index < -0.39 is 0 Å². The summed E-state index contributed by atoms with van der Waals surface area (Å²) in [6, 6.07) is 0. The maximum atomic E-state index is 7.33. The lowest BCUT2D eigenvalue weighted by atomic mass is 10.4. The summed E-state index contributed by atoms with van der Waals surface area (Å²) in [5.74, 6) is 0.939. The molecule has 1 rings (SSSR count). The molecule has 0 bridgehead atoms. The van der Waals surface area contributed by atoms with Crippen molar-refractivity contribution in [3.05, 3.63) is 0 Å². The van der Waals surface area contributed by atoms with E-state index in [1.807, 2.05) is 4.90 Å². The second-order valence-corrected chi connectivity index (χ2v) is 2.54. The van der Waals surface area contributed by atoms with Gasteiger partial charge in [-0.3, -0.25) is 5.41 Å². The van der Waals surface area contributed by atoms with Crippen molar-refractivity contribution in [2.45, 2.75) is 12.8 Å². The Balaban J connectivity index is 2.32. The molecular weight excluding hydrogens is 136 g/mol. The Morgan fingerprint density at radius 2 is 2.00 bits per heavy atom. The van der Waals surface area contributed by atoms with Crippen LogP contribution >= 0.6 is 11.6 Å². The third kappa shape index (κ3) is 1.58. The number of halogens is 1. The minimum Gasteiger partial charge on any atom is -0.360 e. The zero-order valence-corrected chi connectivity index (χ0v) is 6.12. The maximum absolute atomic E-state index is 7.33. The molecule has 0 spiro atoms. The van der Waals surface area contributed by atoms with Gasteiger partial charge in [0.05, 0.1) is 5.88 Å². The van der Waals surface area contributed by atoms with Crippen molar-refractivity contribution in [2.24, 2.45) is 0 Å². The SMILES string of the molecule is N=C(CCl)N1CCCC1. The van der Waals surface area contributed by atoms with Crippen LogP contribution in [0.3, 0.4) is 0 Å². The molecule has 0 aromatic heterocycles. The third-order valence-corrected chi connectivity index (χ3v) is 1.87. The number of rotatable bonds is 1. The standard InChI is InChI=1S/C6H11ClN2/c7-5-6(8)9-3-1-2-4-9/h8H,1-5H2. The van der Waals surface area contributed by atoms with Crippen LogP contribution in [0, 0.1) is 5.41 Å². The summed E-state index contributed by atoms with van der Waals surface area (Å²) >= 11 is 5.47. The molecule has 1 aliphatic heterocycles. The van der Waals surface area contributed by atoms with Crippen molar-refractivity contribution in [3.8, 4) is 0 Å². The monoisotopic (exact) mass is 146 g/mol. The first-order valence-electron chi connectivity index (χ1n) is 3.23. The average molecular weight is 147 g/mol. The van der Waals surface area contributed by atoms with Crippen LogP contribution in [0.2, 0.25) is 0 Å². The molecule has 1 fully saturated rings. The zero-order chi connectivity index (χ0) is 6.69. The van der Waals surface area contributed by atoms with Crippen LogP contribution in [0.4, 0.5) is 0 Å². The van der Waals surface area contributed by atoms with Gasteiger partial charge >= 0.3 is 0 Å². The summed E-state index contributed by atoms with van der Waals surface area (Å²) in [5, 5.41) is 7.33. The number of alkyl halides is 1. The molecule has 0 aromatic rings. The Morgan fingerprint density at radius 1 is 1.44 bits per heavy atom. The molecule has 0 aromatic carbocycles. The van der Waals surface area contributed by atoms with Crippen LogP contribution in [0.5, 0.6) is 0 Å². The minimum atomic E-state index is 0.361. The van der Waals surface area contributed by atoms with Crippen molar-refractivity contribution in [1.29, 1.82) is 5.41 Å². The van der Waals surface area contributed by atoms with E-state index in [1.165, 1.54) is 12.8 Å². The predicted octanol–water partition coefficient (Wildman–Crippen LogP) is 1.30. The highest BCUT2D eigenvalue weighted by molar-refractivity contribution is 6.27. The summed E-state index contributed by atoms with van der Waals surface area (Å²) < 4.78 is 0. The van der Waals surface area contributed by atoms with Gasteiger partial charge in [0.25, 0.3) is 0 Å². The van der Waals surface area contributed by atoms with Crippen LogP contribution in [0.15, 0.2) is 0 Å². The van der Waals surface area contributed by atoms with Gasteiger partial charge in [-0.1, -0.05) is 0 Å². The molecule has 0 saturated carbocycles. The molecule has 1 saturated heterocycles. The van der Waals surface area contributed by atoms with Crippen LogP contribution in [-0.4, -0.2) is 29.7 Å². The molecule has 0 unspecified atom stereocenters. The highest BCUT2D eigenvalue weighted by atomic mass is 35.5. The van der Waals surface area contributed by atoms with E-state index in [2.05, 4.69) is 0 Å².